The molecule has 1 aromatic carbocycles. The van der Waals surface area contributed by atoms with Crippen molar-refractivity contribution in [3.05, 3.63) is 35.1 Å². The first-order valence-corrected chi connectivity index (χ1v) is 6.44. The minimum absolute atomic E-state index is 0.0359. The fourth-order valence-electron chi connectivity index (χ4n) is 2.06. The van der Waals surface area contributed by atoms with Crippen LogP contribution in [0.1, 0.15) is 37.8 Å². The summed E-state index contributed by atoms with van der Waals surface area (Å²) in [6, 6.07) is 2.59. The summed E-state index contributed by atoms with van der Waals surface area (Å²) < 4.78 is 51.2. The van der Waals surface area contributed by atoms with Crippen molar-refractivity contribution in [1.29, 1.82) is 0 Å². The topological polar surface area (TPSA) is 32.3 Å². The van der Waals surface area contributed by atoms with Crippen molar-refractivity contribution in [2.75, 3.05) is 6.54 Å². The zero-order valence-corrected chi connectivity index (χ0v) is 11.5. The van der Waals surface area contributed by atoms with Crippen LogP contribution in [0, 0.1) is 5.82 Å². The van der Waals surface area contributed by atoms with Crippen LogP contribution in [-0.2, 0) is 12.7 Å². The molecule has 114 valence electrons. The van der Waals surface area contributed by atoms with Gasteiger partial charge in [0.15, 0.2) is 0 Å². The van der Waals surface area contributed by atoms with Crippen LogP contribution < -0.4 is 5.32 Å². The van der Waals surface area contributed by atoms with Crippen molar-refractivity contribution < 1.29 is 22.7 Å². The van der Waals surface area contributed by atoms with E-state index in [2.05, 4.69) is 5.32 Å². The molecule has 20 heavy (non-hydrogen) atoms. The maximum atomic E-state index is 12.9. The number of rotatable bonds is 6. The molecule has 0 aliphatic carbocycles. The lowest BCUT2D eigenvalue weighted by molar-refractivity contribution is -0.138. The third-order valence-corrected chi connectivity index (χ3v) is 2.99. The molecule has 0 spiro atoms. The lowest BCUT2D eigenvalue weighted by Crippen LogP contribution is -2.37. The van der Waals surface area contributed by atoms with E-state index in [9.17, 15) is 22.7 Å². The average molecular weight is 293 g/mol. The highest BCUT2D eigenvalue weighted by molar-refractivity contribution is 5.30. The normalized spacial score (nSPS) is 15.2. The van der Waals surface area contributed by atoms with Crippen LogP contribution >= 0.6 is 0 Å². The van der Waals surface area contributed by atoms with E-state index in [1.807, 2.05) is 6.92 Å². The number of halogens is 4. The maximum Gasteiger partial charge on any atom is 0.416 e. The van der Waals surface area contributed by atoms with E-state index in [1.54, 1.807) is 6.92 Å². The van der Waals surface area contributed by atoms with Gasteiger partial charge in [0, 0.05) is 13.1 Å². The van der Waals surface area contributed by atoms with Gasteiger partial charge in [-0.15, -0.1) is 0 Å². The van der Waals surface area contributed by atoms with Crippen LogP contribution in [0.2, 0.25) is 0 Å². The van der Waals surface area contributed by atoms with Crippen molar-refractivity contribution in [2.24, 2.45) is 0 Å². The number of hydrogen-bond donors (Lipinski definition) is 2. The predicted molar refractivity (Wildman–Crippen MR) is 68.6 cm³/mol. The third kappa shape index (κ3) is 5.09. The molecule has 0 amide bonds. The first kappa shape index (κ1) is 16.9. The van der Waals surface area contributed by atoms with Gasteiger partial charge in [-0.1, -0.05) is 19.4 Å². The van der Waals surface area contributed by atoms with E-state index in [1.165, 1.54) is 0 Å². The number of alkyl halides is 3. The standard InChI is InChI=1S/C14H19F4NO/c1-3-6-13(2,20)9-19-8-10-4-5-11(15)7-12(10)14(16,17)18/h4-5,7,19-20H,3,6,8-9H2,1-2H3. The second-order valence-corrected chi connectivity index (χ2v) is 5.15. The molecule has 0 bridgehead atoms. The molecule has 1 rings (SSSR count). The fraction of sp³-hybridized carbons (Fsp3) is 0.571. The van der Waals surface area contributed by atoms with Crippen molar-refractivity contribution in [1.82, 2.24) is 5.32 Å². The van der Waals surface area contributed by atoms with Crippen LogP contribution in [-0.4, -0.2) is 17.3 Å². The largest absolute Gasteiger partial charge is 0.416 e. The Morgan fingerprint density at radius 1 is 1.25 bits per heavy atom. The molecule has 6 heteroatoms. The van der Waals surface area contributed by atoms with Crippen molar-refractivity contribution in [2.45, 2.75) is 45.0 Å². The third-order valence-electron chi connectivity index (χ3n) is 2.99. The summed E-state index contributed by atoms with van der Waals surface area (Å²) in [6.45, 7) is 3.64. The maximum absolute atomic E-state index is 12.9. The van der Waals surface area contributed by atoms with Gasteiger partial charge in [0.25, 0.3) is 0 Å². The Balaban J connectivity index is 2.74. The summed E-state index contributed by atoms with van der Waals surface area (Å²) in [7, 11) is 0. The first-order valence-electron chi connectivity index (χ1n) is 6.44. The zero-order valence-electron chi connectivity index (χ0n) is 11.5. The van der Waals surface area contributed by atoms with Gasteiger partial charge >= 0.3 is 6.18 Å². The zero-order chi connectivity index (χ0) is 15.4. The molecule has 0 saturated heterocycles. The minimum atomic E-state index is -4.59. The van der Waals surface area contributed by atoms with Crippen LogP contribution in [0.25, 0.3) is 0 Å². The van der Waals surface area contributed by atoms with Crippen molar-refractivity contribution >= 4 is 0 Å². The molecule has 2 N–H and O–H groups in total. The summed E-state index contributed by atoms with van der Waals surface area (Å²) in [5, 5.41) is 12.7. The Hall–Kier alpha value is -1.14. The summed E-state index contributed by atoms with van der Waals surface area (Å²) in [5.41, 5.74) is -1.99. The van der Waals surface area contributed by atoms with E-state index >= 15 is 0 Å². The molecule has 1 aromatic rings. The smallest absolute Gasteiger partial charge is 0.389 e. The lowest BCUT2D eigenvalue weighted by atomic mass is 10.0. The highest BCUT2D eigenvalue weighted by Crippen LogP contribution is 2.32. The highest BCUT2D eigenvalue weighted by Gasteiger charge is 2.33. The Bertz CT molecular complexity index is 443. The monoisotopic (exact) mass is 293 g/mol. The van der Waals surface area contributed by atoms with E-state index in [0.717, 1.165) is 18.6 Å². The number of hydrogen-bond acceptors (Lipinski definition) is 2. The molecule has 0 fully saturated rings. The second-order valence-electron chi connectivity index (χ2n) is 5.15. The van der Waals surface area contributed by atoms with Gasteiger partial charge in [0.05, 0.1) is 11.2 Å². The van der Waals surface area contributed by atoms with Crippen LogP contribution in [0.3, 0.4) is 0 Å². The van der Waals surface area contributed by atoms with Crippen LogP contribution in [0.5, 0.6) is 0 Å². The highest BCUT2D eigenvalue weighted by atomic mass is 19.4. The van der Waals surface area contributed by atoms with Crippen molar-refractivity contribution in [3.8, 4) is 0 Å². The van der Waals surface area contributed by atoms with E-state index in [4.69, 9.17) is 0 Å². The molecule has 0 heterocycles. The lowest BCUT2D eigenvalue weighted by Gasteiger charge is -2.23. The van der Waals surface area contributed by atoms with Gasteiger partial charge in [-0.2, -0.15) is 13.2 Å². The molecule has 0 aliphatic rings. The van der Waals surface area contributed by atoms with Crippen molar-refractivity contribution in [3.63, 3.8) is 0 Å². The van der Waals surface area contributed by atoms with Gasteiger partial charge in [-0.05, 0) is 31.0 Å². The SMILES string of the molecule is CCCC(C)(O)CNCc1ccc(F)cc1C(F)(F)F. The number of aliphatic hydroxyl groups is 1. The summed E-state index contributed by atoms with van der Waals surface area (Å²) in [6.07, 6.45) is -3.26. The Morgan fingerprint density at radius 2 is 1.90 bits per heavy atom. The molecule has 1 unspecified atom stereocenters. The average Bonchev–Trinajstić information content (AvgIpc) is 2.29. The summed E-state index contributed by atoms with van der Waals surface area (Å²) >= 11 is 0. The fourth-order valence-corrected chi connectivity index (χ4v) is 2.06. The summed E-state index contributed by atoms with van der Waals surface area (Å²) in [4.78, 5) is 0. The van der Waals surface area contributed by atoms with E-state index in [0.29, 0.717) is 12.5 Å². The van der Waals surface area contributed by atoms with Gasteiger partial charge in [-0.3, -0.25) is 0 Å². The minimum Gasteiger partial charge on any atom is -0.389 e. The molecule has 1 atom stereocenters. The van der Waals surface area contributed by atoms with Crippen LogP contribution in [0.4, 0.5) is 17.6 Å². The molecule has 0 aromatic heterocycles. The summed E-state index contributed by atoms with van der Waals surface area (Å²) in [5.74, 6) is -0.918. The molecular weight excluding hydrogens is 274 g/mol. The number of benzene rings is 1. The van der Waals surface area contributed by atoms with Gasteiger partial charge in [0.2, 0.25) is 0 Å². The van der Waals surface area contributed by atoms with E-state index in [-0.39, 0.29) is 18.7 Å². The second kappa shape index (κ2) is 6.54. The Morgan fingerprint density at radius 3 is 2.45 bits per heavy atom. The first-order chi connectivity index (χ1) is 9.15. The van der Waals surface area contributed by atoms with Gasteiger partial charge in [-0.25, -0.2) is 4.39 Å². The van der Waals surface area contributed by atoms with E-state index < -0.39 is 23.2 Å². The Kier molecular flexibility index (Phi) is 5.53. The molecule has 0 saturated carbocycles. The predicted octanol–water partition coefficient (Wildman–Crippen LogP) is 3.49. The Labute approximate surface area is 115 Å². The molecule has 2 nitrogen and oxygen atoms in total. The van der Waals surface area contributed by atoms with Gasteiger partial charge in [0.1, 0.15) is 5.82 Å². The number of nitrogens with one attached hydrogen (secondary N) is 1. The van der Waals surface area contributed by atoms with Gasteiger partial charge < -0.3 is 10.4 Å². The van der Waals surface area contributed by atoms with Crippen LogP contribution in [0.15, 0.2) is 18.2 Å². The molecule has 0 aliphatic heterocycles. The molecule has 0 radical (unpaired) electrons. The quantitative estimate of drug-likeness (QED) is 0.787. The molecular formula is C14H19F4NO.